The van der Waals surface area contributed by atoms with Crippen molar-refractivity contribution < 1.29 is 4.79 Å². The Morgan fingerprint density at radius 2 is 1.97 bits per heavy atom. The van der Waals surface area contributed by atoms with E-state index in [4.69, 9.17) is 4.98 Å². The second-order valence-electron chi connectivity index (χ2n) is 7.78. The fourth-order valence-corrected chi connectivity index (χ4v) is 6.24. The normalized spacial score (nSPS) is 13.4. The van der Waals surface area contributed by atoms with Gasteiger partial charge in [0.2, 0.25) is 5.91 Å². The van der Waals surface area contributed by atoms with Crippen LogP contribution in [-0.2, 0) is 23.4 Å². The van der Waals surface area contributed by atoms with Crippen molar-refractivity contribution in [1.29, 1.82) is 0 Å². The minimum Gasteiger partial charge on any atom is -0.325 e. The molecule has 7 heteroatoms. The molecular formula is C24H23N3O2S2. The van der Waals surface area contributed by atoms with Gasteiger partial charge in [0, 0.05) is 28.1 Å². The maximum atomic E-state index is 12.6. The highest BCUT2D eigenvalue weighted by atomic mass is 32.2. The number of hydrogen-bond acceptors (Lipinski definition) is 5. The molecule has 0 spiro atoms. The van der Waals surface area contributed by atoms with E-state index in [1.54, 1.807) is 23.1 Å². The third kappa shape index (κ3) is 4.25. The first-order valence-electron chi connectivity index (χ1n) is 10.6. The first-order valence-corrected chi connectivity index (χ1v) is 12.5. The zero-order valence-corrected chi connectivity index (χ0v) is 18.7. The molecule has 2 heterocycles. The van der Waals surface area contributed by atoms with Gasteiger partial charge in [-0.25, -0.2) is 4.98 Å². The van der Waals surface area contributed by atoms with Crippen molar-refractivity contribution in [2.75, 3.05) is 11.1 Å². The summed E-state index contributed by atoms with van der Waals surface area (Å²) < 4.78 is 0. The molecule has 2 aromatic heterocycles. The van der Waals surface area contributed by atoms with E-state index in [2.05, 4.69) is 10.3 Å². The van der Waals surface area contributed by atoms with Gasteiger partial charge in [-0.15, -0.1) is 11.3 Å². The number of rotatable bonds is 6. The van der Waals surface area contributed by atoms with Gasteiger partial charge in [0.05, 0.1) is 11.1 Å². The molecule has 0 fully saturated rings. The fourth-order valence-electron chi connectivity index (χ4n) is 4.16. The molecule has 4 aromatic rings. The number of nitrogens with one attached hydrogen (secondary N) is 2. The maximum absolute atomic E-state index is 12.6. The number of benzene rings is 2. The molecule has 0 aliphatic heterocycles. The third-order valence-corrected chi connectivity index (χ3v) is 7.81. The number of thiophene rings is 1. The lowest BCUT2D eigenvalue weighted by atomic mass is 9.97. The molecule has 5 nitrogen and oxygen atoms in total. The smallest absolute Gasteiger partial charge is 0.259 e. The standard InChI is InChI=1S/C24H23N3O2S2/c28-21(25-18-10-5-7-15-6-1-2-8-16(15)18)12-13-30-14-20-26-23(29)22-17-9-3-4-11-19(17)31-24(22)27-20/h1-2,5-8,10H,3-4,9,11-14H2,(H,25,28)(H,26,27,29). The summed E-state index contributed by atoms with van der Waals surface area (Å²) in [7, 11) is 0. The minimum atomic E-state index is -0.0197. The molecule has 1 aliphatic rings. The van der Waals surface area contributed by atoms with Gasteiger partial charge in [-0.2, -0.15) is 11.8 Å². The lowest BCUT2D eigenvalue weighted by Crippen LogP contribution is -2.14. The van der Waals surface area contributed by atoms with Crippen LogP contribution in [0, 0.1) is 0 Å². The molecule has 0 atom stereocenters. The van der Waals surface area contributed by atoms with E-state index < -0.39 is 0 Å². The monoisotopic (exact) mass is 449 g/mol. The Hall–Kier alpha value is -2.64. The molecule has 0 saturated heterocycles. The van der Waals surface area contributed by atoms with Crippen molar-refractivity contribution in [1.82, 2.24) is 9.97 Å². The summed E-state index contributed by atoms with van der Waals surface area (Å²) in [4.78, 5) is 34.9. The van der Waals surface area contributed by atoms with Crippen LogP contribution < -0.4 is 10.9 Å². The number of aryl methyl sites for hydroxylation is 2. The van der Waals surface area contributed by atoms with Gasteiger partial charge < -0.3 is 10.3 Å². The fraction of sp³-hybridized carbons (Fsp3) is 0.292. The molecule has 0 bridgehead atoms. The first-order chi connectivity index (χ1) is 15.2. The van der Waals surface area contributed by atoms with E-state index in [1.807, 2.05) is 42.5 Å². The van der Waals surface area contributed by atoms with Crippen LogP contribution >= 0.6 is 23.1 Å². The lowest BCUT2D eigenvalue weighted by molar-refractivity contribution is -0.115. The largest absolute Gasteiger partial charge is 0.325 e. The zero-order valence-electron chi connectivity index (χ0n) is 17.1. The van der Waals surface area contributed by atoms with Crippen molar-refractivity contribution in [2.45, 2.75) is 37.9 Å². The quantitative estimate of drug-likeness (QED) is 0.393. The number of H-pyrrole nitrogens is 1. The highest BCUT2D eigenvalue weighted by Gasteiger charge is 2.19. The van der Waals surface area contributed by atoms with Crippen LogP contribution in [-0.4, -0.2) is 21.6 Å². The molecule has 2 N–H and O–H groups in total. The minimum absolute atomic E-state index is 0.00769. The third-order valence-electron chi connectivity index (χ3n) is 5.65. The van der Waals surface area contributed by atoms with Crippen molar-refractivity contribution in [3.05, 3.63) is 69.1 Å². The van der Waals surface area contributed by atoms with Crippen LogP contribution in [0.2, 0.25) is 0 Å². The van der Waals surface area contributed by atoms with Gasteiger partial charge >= 0.3 is 0 Å². The summed E-state index contributed by atoms with van der Waals surface area (Å²) in [6.07, 6.45) is 4.80. The van der Waals surface area contributed by atoms with Crippen molar-refractivity contribution >= 4 is 55.7 Å². The number of aromatic nitrogens is 2. The number of carbonyl (C=O) groups excluding carboxylic acids is 1. The molecular weight excluding hydrogens is 426 g/mol. The van der Waals surface area contributed by atoms with E-state index in [9.17, 15) is 9.59 Å². The molecule has 5 rings (SSSR count). The van der Waals surface area contributed by atoms with Crippen LogP contribution in [0.3, 0.4) is 0 Å². The first kappa shape index (κ1) is 20.3. The van der Waals surface area contributed by atoms with Gasteiger partial charge in [-0.3, -0.25) is 9.59 Å². The van der Waals surface area contributed by atoms with Gasteiger partial charge in [0.15, 0.2) is 0 Å². The summed E-state index contributed by atoms with van der Waals surface area (Å²) >= 11 is 3.28. The Morgan fingerprint density at radius 3 is 2.90 bits per heavy atom. The van der Waals surface area contributed by atoms with Gasteiger partial charge in [0.1, 0.15) is 10.7 Å². The van der Waals surface area contributed by atoms with Crippen molar-refractivity contribution in [2.24, 2.45) is 0 Å². The van der Waals surface area contributed by atoms with Gasteiger partial charge in [-0.1, -0.05) is 36.4 Å². The zero-order chi connectivity index (χ0) is 21.2. The molecule has 31 heavy (non-hydrogen) atoms. The predicted octanol–water partition coefficient (Wildman–Crippen LogP) is 5.28. The number of nitrogens with zero attached hydrogens (tertiary/aromatic N) is 1. The maximum Gasteiger partial charge on any atom is 0.259 e. The molecule has 1 aliphatic carbocycles. The Bertz CT molecular complexity index is 1320. The number of amides is 1. The summed E-state index contributed by atoms with van der Waals surface area (Å²) in [5.74, 6) is 1.94. The number of anilines is 1. The molecule has 0 radical (unpaired) electrons. The Balaban J connectivity index is 1.19. The number of thioether (sulfide) groups is 1. The Kier molecular flexibility index (Phi) is 5.78. The van der Waals surface area contributed by atoms with Crippen LogP contribution in [0.1, 0.15) is 35.5 Å². The Labute approximate surface area is 188 Å². The average Bonchev–Trinajstić information content (AvgIpc) is 3.16. The summed E-state index contributed by atoms with van der Waals surface area (Å²) in [6.45, 7) is 0. The topological polar surface area (TPSA) is 74.8 Å². The highest BCUT2D eigenvalue weighted by molar-refractivity contribution is 7.98. The van der Waals surface area contributed by atoms with Crippen molar-refractivity contribution in [3.63, 3.8) is 0 Å². The SMILES string of the molecule is O=C(CCSCc1nc2sc3c(c2c(=O)[nH]1)CCCC3)Nc1cccc2ccccc12. The van der Waals surface area contributed by atoms with Crippen LogP contribution in [0.15, 0.2) is 47.3 Å². The van der Waals surface area contributed by atoms with Crippen LogP contribution in [0.4, 0.5) is 5.69 Å². The molecule has 0 unspecified atom stereocenters. The summed E-state index contributed by atoms with van der Waals surface area (Å²) in [5, 5.41) is 5.96. The lowest BCUT2D eigenvalue weighted by Gasteiger charge is -2.09. The van der Waals surface area contributed by atoms with E-state index in [0.29, 0.717) is 23.8 Å². The van der Waals surface area contributed by atoms with Gasteiger partial charge in [-0.05, 0) is 42.7 Å². The van der Waals surface area contributed by atoms with E-state index in [1.165, 1.54) is 16.9 Å². The number of hydrogen-bond donors (Lipinski definition) is 2. The van der Waals surface area contributed by atoms with Gasteiger partial charge in [0.25, 0.3) is 5.56 Å². The molecule has 1 amide bonds. The van der Waals surface area contributed by atoms with E-state index in [-0.39, 0.29) is 11.5 Å². The van der Waals surface area contributed by atoms with Crippen LogP contribution in [0.25, 0.3) is 21.0 Å². The van der Waals surface area contributed by atoms with E-state index >= 15 is 0 Å². The number of carbonyl (C=O) groups is 1. The molecule has 158 valence electrons. The Morgan fingerprint density at radius 1 is 1.13 bits per heavy atom. The summed E-state index contributed by atoms with van der Waals surface area (Å²) in [5.41, 5.74) is 2.03. The molecule has 2 aromatic carbocycles. The highest BCUT2D eigenvalue weighted by Crippen LogP contribution is 2.33. The average molecular weight is 450 g/mol. The predicted molar refractivity (Wildman–Crippen MR) is 130 cm³/mol. The summed E-state index contributed by atoms with van der Waals surface area (Å²) in [6, 6.07) is 13.9. The van der Waals surface area contributed by atoms with Crippen molar-refractivity contribution in [3.8, 4) is 0 Å². The number of fused-ring (bicyclic) bond motifs is 4. The molecule has 0 saturated carbocycles. The van der Waals surface area contributed by atoms with E-state index in [0.717, 1.165) is 45.9 Å². The second-order valence-corrected chi connectivity index (χ2v) is 9.97. The van der Waals surface area contributed by atoms with Crippen LogP contribution in [0.5, 0.6) is 0 Å². The number of aromatic amines is 1. The second kappa shape index (κ2) is 8.85.